The lowest BCUT2D eigenvalue weighted by atomic mass is 10.1. The van der Waals surface area contributed by atoms with Crippen molar-refractivity contribution in [3.63, 3.8) is 0 Å². The van der Waals surface area contributed by atoms with Gasteiger partial charge in [0.05, 0.1) is 17.8 Å². The molecule has 1 unspecified atom stereocenters. The Labute approximate surface area is 125 Å². The predicted octanol–water partition coefficient (Wildman–Crippen LogP) is 1.04. The summed E-state index contributed by atoms with van der Waals surface area (Å²) in [5, 5.41) is 13.7. The van der Waals surface area contributed by atoms with Crippen LogP contribution in [0.25, 0.3) is 0 Å². The third-order valence-corrected chi connectivity index (χ3v) is 2.84. The van der Waals surface area contributed by atoms with Crippen LogP contribution in [0.1, 0.15) is 17.3 Å². The second-order valence-corrected chi connectivity index (χ2v) is 4.46. The number of aromatic carboxylic acids is 1. The van der Waals surface area contributed by atoms with E-state index in [1.54, 1.807) is 0 Å². The molecule has 0 fully saturated rings. The van der Waals surface area contributed by atoms with Gasteiger partial charge < -0.3 is 26.2 Å². The van der Waals surface area contributed by atoms with Crippen molar-refractivity contribution in [2.45, 2.75) is 13.0 Å². The van der Waals surface area contributed by atoms with Crippen molar-refractivity contribution in [3.05, 3.63) is 22.7 Å². The van der Waals surface area contributed by atoms with E-state index in [0.717, 1.165) is 6.07 Å². The van der Waals surface area contributed by atoms with E-state index in [4.69, 9.17) is 27.2 Å². The third-order valence-electron chi connectivity index (χ3n) is 2.53. The fourth-order valence-electron chi connectivity index (χ4n) is 1.51. The van der Waals surface area contributed by atoms with E-state index in [1.807, 2.05) is 0 Å². The Balaban J connectivity index is 3.01. The van der Waals surface area contributed by atoms with Crippen molar-refractivity contribution in [2.75, 3.05) is 12.4 Å². The Hall–Kier alpha value is -2.48. The number of hydrogen-bond acceptors (Lipinski definition) is 4. The maximum absolute atomic E-state index is 11.8. The van der Waals surface area contributed by atoms with E-state index >= 15 is 0 Å². The number of methoxy groups -OCH3 is 1. The number of carbonyl (C=O) groups is 3. The van der Waals surface area contributed by atoms with Gasteiger partial charge in [0.15, 0.2) is 0 Å². The Morgan fingerprint density at radius 2 is 2.00 bits per heavy atom. The van der Waals surface area contributed by atoms with Crippen LogP contribution in [0.2, 0.25) is 5.02 Å². The first-order chi connectivity index (χ1) is 9.76. The highest BCUT2D eigenvalue weighted by atomic mass is 35.5. The van der Waals surface area contributed by atoms with Crippen LogP contribution in [0.5, 0.6) is 5.75 Å². The molecule has 0 aliphatic rings. The minimum absolute atomic E-state index is 0.0211. The number of halogens is 1. The molecule has 1 aromatic carbocycles. The van der Waals surface area contributed by atoms with Crippen molar-refractivity contribution in [3.8, 4) is 5.75 Å². The number of anilines is 1. The second-order valence-electron chi connectivity index (χ2n) is 4.06. The van der Waals surface area contributed by atoms with Crippen molar-refractivity contribution < 1.29 is 24.2 Å². The number of ether oxygens (including phenoxy) is 1. The Bertz CT molecular complexity index is 591. The second kappa shape index (κ2) is 6.80. The number of benzene rings is 1. The first-order valence-electron chi connectivity index (χ1n) is 5.74. The standard InChI is InChI=1S/C12H14ClN3O5/c1-5(15-12(14)20)10(17)16-8-4-9(21-2)6(11(18)19)3-7(8)13/h3-5H,1-2H3,(H,16,17)(H,18,19)(H3,14,15,20). The summed E-state index contributed by atoms with van der Waals surface area (Å²) in [6.07, 6.45) is 0. The molecule has 1 atom stereocenters. The quantitative estimate of drug-likeness (QED) is 0.645. The highest BCUT2D eigenvalue weighted by Crippen LogP contribution is 2.31. The van der Waals surface area contributed by atoms with Crippen molar-refractivity contribution in [1.29, 1.82) is 0 Å². The number of primary amides is 1. The summed E-state index contributed by atoms with van der Waals surface area (Å²) in [6.45, 7) is 1.43. The predicted molar refractivity (Wildman–Crippen MR) is 75.8 cm³/mol. The Morgan fingerprint density at radius 3 is 2.48 bits per heavy atom. The molecule has 0 spiro atoms. The van der Waals surface area contributed by atoms with Crippen LogP contribution < -0.4 is 21.1 Å². The fourth-order valence-corrected chi connectivity index (χ4v) is 1.72. The van der Waals surface area contributed by atoms with Gasteiger partial charge >= 0.3 is 12.0 Å². The number of nitrogens with one attached hydrogen (secondary N) is 2. The smallest absolute Gasteiger partial charge is 0.339 e. The van der Waals surface area contributed by atoms with E-state index in [1.165, 1.54) is 20.1 Å². The Morgan fingerprint density at radius 1 is 1.38 bits per heavy atom. The summed E-state index contributed by atoms with van der Waals surface area (Å²) in [7, 11) is 1.29. The van der Waals surface area contributed by atoms with Gasteiger partial charge in [-0.05, 0) is 13.0 Å². The van der Waals surface area contributed by atoms with Gasteiger partial charge in [-0.25, -0.2) is 9.59 Å². The minimum atomic E-state index is -1.21. The van der Waals surface area contributed by atoms with E-state index < -0.39 is 23.9 Å². The number of hydrogen-bond donors (Lipinski definition) is 4. The van der Waals surface area contributed by atoms with Crippen LogP contribution in [0.15, 0.2) is 12.1 Å². The number of nitrogens with two attached hydrogens (primary N) is 1. The van der Waals surface area contributed by atoms with E-state index in [2.05, 4.69) is 10.6 Å². The molecular formula is C12H14ClN3O5. The molecule has 114 valence electrons. The van der Waals surface area contributed by atoms with Crippen LogP contribution in [0, 0.1) is 0 Å². The molecular weight excluding hydrogens is 302 g/mol. The molecule has 0 radical (unpaired) electrons. The third kappa shape index (κ3) is 4.25. The van der Waals surface area contributed by atoms with Gasteiger partial charge in [-0.2, -0.15) is 0 Å². The first kappa shape index (κ1) is 16.6. The molecule has 5 N–H and O–H groups in total. The highest BCUT2D eigenvalue weighted by Gasteiger charge is 2.19. The van der Waals surface area contributed by atoms with E-state index in [0.29, 0.717) is 0 Å². The van der Waals surface area contributed by atoms with Gasteiger partial charge in [-0.1, -0.05) is 11.6 Å². The maximum atomic E-state index is 11.8. The summed E-state index contributed by atoms with van der Waals surface area (Å²) in [6, 6.07) is 0.705. The normalized spacial score (nSPS) is 11.4. The molecule has 3 amide bonds. The summed E-state index contributed by atoms with van der Waals surface area (Å²) in [5.74, 6) is -1.74. The largest absolute Gasteiger partial charge is 0.496 e. The molecule has 9 heteroatoms. The van der Waals surface area contributed by atoms with Crippen molar-refractivity contribution in [1.82, 2.24) is 5.32 Å². The highest BCUT2D eigenvalue weighted by molar-refractivity contribution is 6.34. The molecule has 21 heavy (non-hydrogen) atoms. The number of amides is 3. The van der Waals surface area contributed by atoms with E-state index in [-0.39, 0.29) is 22.0 Å². The Kier molecular flexibility index (Phi) is 5.37. The summed E-state index contributed by atoms with van der Waals surface area (Å²) in [5.41, 5.74) is 4.93. The summed E-state index contributed by atoms with van der Waals surface area (Å²) < 4.78 is 4.93. The van der Waals surface area contributed by atoms with Gasteiger partial charge in [0.2, 0.25) is 5.91 Å². The van der Waals surface area contributed by atoms with Crippen molar-refractivity contribution in [2.24, 2.45) is 5.73 Å². The SMILES string of the molecule is COc1cc(NC(=O)C(C)NC(N)=O)c(Cl)cc1C(=O)O. The molecule has 0 bridgehead atoms. The first-order valence-corrected chi connectivity index (χ1v) is 6.11. The lowest BCUT2D eigenvalue weighted by Gasteiger charge is -2.15. The van der Waals surface area contributed by atoms with Gasteiger partial charge in [0.1, 0.15) is 17.4 Å². The zero-order chi connectivity index (χ0) is 16.2. The lowest BCUT2D eigenvalue weighted by molar-refractivity contribution is -0.117. The number of carbonyl (C=O) groups excluding carboxylic acids is 2. The molecule has 1 rings (SSSR count). The number of carboxylic acids is 1. The van der Waals surface area contributed by atoms with Crippen LogP contribution in [0.3, 0.4) is 0 Å². The lowest BCUT2D eigenvalue weighted by Crippen LogP contribution is -2.44. The van der Waals surface area contributed by atoms with Crippen LogP contribution >= 0.6 is 11.6 Å². The van der Waals surface area contributed by atoms with Crippen LogP contribution in [0.4, 0.5) is 10.5 Å². The monoisotopic (exact) mass is 315 g/mol. The molecule has 0 aliphatic heterocycles. The molecule has 0 aromatic heterocycles. The summed E-state index contributed by atoms with van der Waals surface area (Å²) in [4.78, 5) is 33.5. The molecule has 0 aliphatic carbocycles. The molecule has 1 aromatic rings. The van der Waals surface area contributed by atoms with Gasteiger partial charge in [-0.3, -0.25) is 4.79 Å². The average Bonchev–Trinajstić information content (AvgIpc) is 2.39. The van der Waals surface area contributed by atoms with Crippen LogP contribution in [-0.4, -0.2) is 36.2 Å². The minimum Gasteiger partial charge on any atom is -0.496 e. The van der Waals surface area contributed by atoms with Gasteiger partial charge in [0, 0.05) is 6.07 Å². The zero-order valence-corrected chi connectivity index (χ0v) is 12.0. The van der Waals surface area contributed by atoms with Gasteiger partial charge in [0.25, 0.3) is 0 Å². The maximum Gasteiger partial charge on any atom is 0.339 e. The molecule has 0 saturated heterocycles. The fraction of sp³-hybridized carbons (Fsp3) is 0.250. The van der Waals surface area contributed by atoms with Crippen LogP contribution in [-0.2, 0) is 4.79 Å². The molecule has 0 heterocycles. The summed E-state index contributed by atoms with van der Waals surface area (Å²) >= 11 is 5.91. The zero-order valence-electron chi connectivity index (χ0n) is 11.3. The topological polar surface area (TPSA) is 131 Å². The van der Waals surface area contributed by atoms with Gasteiger partial charge in [-0.15, -0.1) is 0 Å². The average molecular weight is 316 g/mol. The number of carboxylic acid groups (broad SMARTS) is 1. The molecule has 0 saturated carbocycles. The number of urea groups is 1. The van der Waals surface area contributed by atoms with E-state index in [9.17, 15) is 14.4 Å². The van der Waals surface area contributed by atoms with Crippen molar-refractivity contribution >= 4 is 35.2 Å². The molecule has 8 nitrogen and oxygen atoms in total. The number of rotatable bonds is 5.